The van der Waals surface area contributed by atoms with Crippen LogP contribution >= 0.6 is 11.3 Å². The van der Waals surface area contributed by atoms with E-state index in [2.05, 4.69) is 25.8 Å². The number of nitrogens with one attached hydrogen (secondary N) is 2. The fourth-order valence-electron chi connectivity index (χ4n) is 2.95. The topological polar surface area (TPSA) is 84.2 Å². The van der Waals surface area contributed by atoms with Crippen LogP contribution < -0.4 is 10.6 Å². The Morgan fingerprint density at radius 1 is 1.09 bits per heavy atom. The van der Waals surface area contributed by atoms with Crippen molar-refractivity contribution in [2.75, 3.05) is 11.9 Å². The van der Waals surface area contributed by atoms with Gasteiger partial charge in [0.1, 0.15) is 10.7 Å². The Hall–Kier alpha value is -3.61. The van der Waals surface area contributed by atoms with Gasteiger partial charge in [0.2, 0.25) is 5.01 Å². The lowest BCUT2D eigenvalue weighted by Crippen LogP contribution is -2.37. The molecule has 4 aromatic rings. The SMILES string of the molecule is CC(F)(F)CNC(=O)Nc1cccc(-c2cnc3cc(-c4nnc(C(F)(F)F)s4)ccn23)c1. The van der Waals surface area contributed by atoms with E-state index >= 15 is 0 Å². The molecule has 172 valence electrons. The lowest BCUT2D eigenvalue weighted by Gasteiger charge is -2.12. The minimum absolute atomic E-state index is 0.115. The highest BCUT2D eigenvalue weighted by Gasteiger charge is 2.35. The molecule has 0 bridgehead atoms. The molecule has 33 heavy (non-hydrogen) atoms. The van der Waals surface area contributed by atoms with E-state index in [9.17, 15) is 26.7 Å². The lowest BCUT2D eigenvalue weighted by molar-refractivity contribution is -0.138. The number of alkyl halides is 5. The van der Waals surface area contributed by atoms with Gasteiger partial charge in [0, 0.05) is 29.9 Å². The van der Waals surface area contributed by atoms with E-state index in [0.717, 1.165) is 0 Å². The number of anilines is 1. The molecule has 0 spiro atoms. The molecular weight excluding hydrogens is 467 g/mol. The number of benzene rings is 1. The van der Waals surface area contributed by atoms with Gasteiger partial charge in [0.25, 0.3) is 5.92 Å². The Kier molecular flexibility index (Phi) is 5.74. The van der Waals surface area contributed by atoms with E-state index in [4.69, 9.17) is 0 Å². The van der Waals surface area contributed by atoms with Crippen molar-refractivity contribution in [2.24, 2.45) is 0 Å². The van der Waals surface area contributed by atoms with Crippen molar-refractivity contribution < 1.29 is 26.7 Å². The number of imidazole rings is 1. The van der Waals surface area contributed by atoms with Gasteiger partial charge in [-0.3, -0.25) is 4.40 Å². The van der Waals surface area contributed by atoms with Crippen LogP contribution in [0.1, 0.15) is 11.9 Å². The van der Waals surface area contributed by atoms with Crippen LogP contribution in [0.15, 0.2) is 48.8 Å². The first kappa shape index (κ1) is 22.6. The van der Waals surface area contributed by atoms with E-state index in [1.165, 1.54) is 0 Å². The number of amides is 2. The first-order valence-corrected chi connectivity index (χ1v) is 10.2. The summed E-state index contributed by atoms with van der Waals surface area (Å²) in [6.07, 6.45) is -1.36. The number of halogens is 5. The van der Waals surface area contributed by atoms with Crippen molar-refractivity contribution in [3.8, 4) is 21.8 Å². The number of carbonyl (C=O) groups is 1. The summed E-state index contributed by atoms with van der Waals surface area (Å²) in [4.78, 5) is 16.1. The Morgan fingerprint density at radius 3 is 2.58 bits per heavy atom. The summed E-state index contributed by atoms with van der Waals surface area (Å²) in [7, 11) is 0. The number of nitrogens with zero attached hydrogens (tertiary/aromatic N) is 4. The minimum Gasteiger partial charge on any atom is -0.332 e. The van der Waals surface area contributed by atoms with Crippen LogP contribution in [0.5, 0.6) is 0 Å². The Bertz CT molecular complexity index is 1310. The lowest BCUT2D eigenvalue weighted by atomic mass is 10.1. The molecule has 0 saturated heterocycles. The van der Waals surface area contributed by atoms with Gasteiger partial charge in [-0.25, -0.2) is 18.6 Å². The summed E-state index contributed by atoms with van der Waals surface area (Å²) in [6, 6.07) is 9.09. The van der Waals surface area contributed by atoms with Crippen LogP contribution in [0.25, 0.3) is 27.5 Å². The highest BCUT2D eigenvalue weighted by molar-refractivity contribution is 7.14. The number of hydrogen-bond acceptors (Lipinski definition) is 5. The van der Waals surface area contributed by atoms with Crippen molar-refractivity contribution in [1.29, 1.82) is 0 Å². The summed E-state index contributed by atoms with van der Waals surface area (Å²) in [5.41, 5.74) is 2.60. The fraction of sp³-hybridized carbons (Fsp3) is 0.200. The second-order valence-electron chi connectivity index (χ2n) is 7.16. The van der Waals surface area contributed by atoms with E-state index in [1.807, 2.05) is 0 Å². The van der Waals surface area contributed by atoms with Gasteiger partial charge >= 0.3 is 12.2 Å². The van der Waals surface area contributed by atoms with Crippen molar-refractivity contribution in [2.45, 2.75) is 19.0 Å². The van der Waals surface area contributed by atoms with Gasteiger partial charge in [-0.2, -0.15) is 13.2 Å². The molecular formula is C20H15F5N6OS. The molecule has 1 aromatic carbocycles. The zero-order chi connectivity index (χ0) is 23.8. The minimum atomic E-state index is -4.56. The molecule has 0 atom stereocenters. The average Bonchev–Trinajstić information content (AvgIpc) is 3.39. The molecule has 0 aliphatic rings. The molecule has 0 saturated carbocycles. The molecule has 0 fully saturated rings. The number of aromatic nitrogens is 4. The second-order valence-corrected chi connectivity index (χ2v) is 8.13. The first-order chi connectivity index (χ1) is 15.5. The smallest absolute Gasteiger partial charge is 0.332 e. The highest BCUT2D eigenvalue weighted by Crippen LogP contribution is 2.35. The molecule has 0 radical (unpaired) electrons. The molecule has 3 heterocycles. The predicted octanol–water partition coefficient (Wildman–Crippen LogP) is 5.32. The third kappa shape index (κ3) is 5.25. The fourth-order valence-corrected chi connectivity index (χ4v) is 3.66. The largest absolute Gasteiger partial charge is 0.445 e. The quantitative estimate of drug-likeness (QED) is 0.378. The highest BCUT2D eigenvalue weighted by atomic mass is 32.1. The van der Waals surface area contributed by atoms with Crippen LogP contribution in [0.4, 0.5) is 32.4 Å². The molecule has 0 aliphatic carbocycles. The summed E-state index contributed by atoms with van der Waals surface area (Å²) in [6.45, 7) is -0.0997. The standard InChI is InChI=1S/C20H15F5N6OS/c1-19(21,22)10-27-18(32)28-13-4-2-3-11(7-13)14-9-26-15-8-12(5-6-31(14)15)16-29-30-17(33-16)20(23,24)25/h2-9H,10H2,1H3,(H2,27,28,32). The Morgan fingerprint density at radius 2 is 1.88 bits per heavy atom. The van der Waals surface area contributed by atoms with Crippen molar-refractivity contribution in [3.05, 3.63) is 53.8 Å². The number of fused-ring (bicyclic) bond motifs is 1. The molecule has 3 aromatic heterocycles. The number of urea groups is 1. The molecule has 7 nitrogen and oxygen atoms in total. The third-order valence-corrected chi connectivity index (χ3v) is 5.42. The first-order valence-electron chi connectivity index (χ1n) is 9.41. The normalized spacial score (nSPS) is 12.2. The predicted molar refractivity (Wildman–Crippen MR) is 112 cm³/mol. The number of rotatable bonds is 5. The summed E-state index contributed by atoms with van der Waals surface area (Å²) in [5, 5.41) is 10.5. The monoisotopic (exact) mass is 482 g/mol. The molecule has 0 aliphatic heterocycles. The van der Waals surface area contributed by atoms with E-state index in [-0.39, 0.29) is 5.01 Å². The maximum absolute atomic E-state index is 12.9. The van der Waals surface area contributed by atoms with Gasteiger partial charge in [-0.05, 0) is 24.3 Å². The summed E-state index contributed by atoms with van der Waals surface area (Å²) < 4.78 is 65.9. The zero-order valence-corrected chi connectivity index (χ0v) is 17.6. The van der Waals surface area contributed by atoms with Crippen molar-refractivity contribution in [3.63, 3.8) is 0 Å². The van der Waals surface area contributed by atoms with Crippen LogP contribution in [0.2, 0.25) is 0 Å². The van der Waals surface area contributed by atoms with Crippen molar-refractivity contribution in [1.82, 2.24) is 24.9 Å². The molecule has 13 heteroatoms. The van der Waals surface area contributed by atoms with Crippen molar-refractivity contribution >= 4 is 28.7 Å². The maximum Gasteiger partial charge on any atom is 0.445 e. The second kappa shape index (κ2) is 8.39. The number of hydrogen-bond donors (Lipinski definition) is 2. The molecule has 2 N–H and O–H groups in total. The van der Waals surface area contributed by atoms with E-state index in [1.54, 1.807) is 53.2 Å². The summed E-state index contributed by atoms with van der Waals surface area (Å²) >= 11 is 0.440. The van der Waals surface area contributed by atoms with Crippen LogP contribution in [-0.2, 0) is 6.18 Å². The number of pyridine rings is 1. The molecule has 2 amide bonds. The van der Waals surface area contributed by atoms with E-state index in [0.29, 0.717) is 46.4 Å². The van der Waals surface area contributed by atoms with Gasteiger partial charge < -0.3 is 10.6 Å². The van der Waals surface area contributed by atoms with Gasteiger partial charge in [-0.15, -0.1) is 10.2 Å². The van der Waals surface area contributed by atoms with Gasteiger partial charge in [-0.1, -0.05) is 23.5 Å². The van der Waals surface area contributed by atoms with Gasteiger partial charge in [0.05, 0.1) is 18.4 Å². The van der Waals surface area contributed by atoms with Crippen LogP contribution in [0.3, 0.4) is 0 Å². The average molecular weight is 482 g/mol. The maximum atomic E-state index is 12.9. The van der Waals surface area contributed by atoms with Crippen LogP contribution in [-0.4, -0.2) is 38.1 Å². The third-order valence-electron chi connectivity index (χ3n) is 4.40. The Balaban J connectivity index is 1.56. The molecule has 4 rings (SSSR count). The zero-order valence-electron chi connectivity index (χ0n) is 16.8. The number of carbonyl (C=O) groups excluding carboxylic acids is 1. The summed E-state index contributed by atoms with van der Waals surface area (Å²) in [5.74, 6) is -3.03. The van der Waals surface area contributed by atoms with Gasteiger partial charge in [0.15, 0.2) is 0 Å². The van der Waals surface area contributed by atoms with Crippen LogP contribution in [0, 0.1) is 0 Å². The van der Waals surface area contributed by atoms with E-state index < -0.39 is 29.7 Å². The Labute approximate surface area is 187 Å². The molecule has 0 unspecified atom stereocenters.